The van der Waals surface area contributed by atoms with Crippen LogP contribution >= 0.6 is 0 Å². The molecule has 0 aliphatic carbocycles. The number of furan rings is 1. The Kier molecular flexibility index (Phi) is 6.50. The lowest BCUT2D eigenvalue weighted by Crippen LogP contribution is -2.38. The number of nitrogens with zero attached hydrogens (tertiary/aromatic N) is 1. The Morgan fingerprint density at radius 3 is 2.56 bits per heavy atom. The fourth-order valence-electron chi connectivity index (χ4n) is 2.00. The molecule has 0 spiro atoms. The van der Waals surface area contributed by atoms with Gasteiger partial charge in [0.15, 0.2) is 0 Å². The van der Waals surface area contributed by atoms with Crippen molar-refractivity contribution < 1.29 is 9.21 Å². The van der Waals surface area contributed by atoms with Gasteiger partial charge in [0.2, 0.25) is 5.91 Å². The maximum absolute atomic E-state index is 11.9. The Morgan fingerprint density at radius 2 is 2.06 bits per heavy atom. The van der Waals surface area contributed by atoms with E-state index in [1.807, 2.05) is 19.1 Å². The van der Waals surface area contributed by atoms with Crippen molar-refractivity contribution in [3.05, 3.63) is 24.2 Å². The van der Waals surface area contributed by atoms with Gasteiger partial charge in [0.05, 0.1) is 18.8 Å². The molecule has 0 aliphatic heterocycles. The molecular weight excluding hydrogens is 228 g/mol. The zero-order valence-corrected chi connectivity index (χ0v) is 11.6. The Hall–Kier alpha value is -1.29. The van der Waals surface area contributed by atoms with Crippen LogP contribution in [0.3, 0.4) is 0 Å². The van der Waals surface area contributed by atoms with Crippen molar-refractivity contribution in [2.45, 2.75) is 39.7 Å². The summed E-state index contributed by atoms with van der Waals surface area (Å²) in [6, 6.07) is 3.64. The second-order valence-electron chi connectivity index (χ2n) is 4.58. The second kappa shape index (κ2) is 7.93. The number of carbonyl (C=O) groups excluding carboxylic acids is 1. The van der Waals surface area contributed by atoms with Gasteiger partial charge in [-0.15, -0.1) is 0 Å². The smallest absolute Gasteiger partial charge is 0.234 e. The molecule has 0 bridgehead atoms. The van der Waals surface area contributed by atoms with E-state index in [1.165, 1.54) is 0 Å². The highest BCUT2D eigenvalue weighted by Crippen LogP contribution is 2.11. The van der Waals surface area contributed by atoms with Crippen LogP contribution in [-0.4, -0.2) is 30.4 Å². The molecule has 0 saturated heterocycles. The average Bonchev–Trinajstić information content (AvgIpc) is 2.82. The normalized spacial score (nSPS) is 12.7. The van der Waals surface area contributed by atoms with Crippen LogP contribution in [0.25, 0.3) is 0 Å². The molecule has 1 unspecified atom stereocenters. The van der Waals surface area contributed by atoms with Crippen molar-refractivity contribution in [2.75, 3.05) is 19.6 Å². The van der Waals surface area contributed by atoms with Crippen LogP contribution in [0, 0.1) is 0 Å². The van der Waals surface area contributed by atoms with Crippen molar-refractivity contribution in [1.82, 2.24) is 10.2 Å². The molecule has 1 heterocycles. The van der Waals surface area contributed by atoms with Gasteiger partial charge in [0.25, 0.3) is 0 Å². The molecule has 4 nitrogen and oxygen atoms in total. The van der Waals surface area contributed by atoms with Crippen molar-refractivity contribution in [3.8, 4) is 0 Å². The summed E-state index contributed by atoms with van der Waals surface area (Å²) in [6.07, 6.45) is 3.76. The van der Waals surface area contributed by atoms with Gasteiger partial charge in [0, 0.05) is 0 Å². The number of amides is 1. The van der Waals surface area contributed by atoms with Crippen molar-refractivity contribution in [2.24, 2.45) is 0 Å². The van der Waals surface area contributed by atoms with Gasteiger partial charge in [-0.3, -0.25) is 9.69 Å². The fraction of sp³-hybridized carbons (Fsp3) is 0.643. The lowest BCUT2D eigenvalue weighted by molar-refractivity contribution is -0.123. The van der Waals surface area contributed by atoms with Crippen LogP contribution in [0.1, 0.15) is 45.4 Å². The first kappa shape index (κ1) is 14.8. The molecule has 0 aromatic carbocycles. The van der Waals surface area contributed by atoms with Gasteiger partial charge < -0.3 is 9.73 Å². The topological polar surface area (TPSA) is 45.5 Å². The summed E-state index contributed by atoms with van der Waals surface area (Å²) in [6.45, 7) is 8.60. The van der Waals surface area contributed by atoms with Crippen LogP contribution < -0.4 is 5.32 Å². The summed E-state index contributed by atoms with van der Waals surface area (Å²) in [7, 11) is 0. The number of hydrogen-bond donors (Lipinski definition) is 1. The summed E-state index contributed by atoms with van der Waals surface area (Å²) in [5.41, 5.74) is 0. The standard InChI is InChI=1S/C14H24N2O2/c1-4-8-16(9-5-2)11-14(17)15-12(3)13-7-6-10-18-13/h6-7,10,12H,4-5,8-9,11H2,1-3H3,(H,15,17). The molecule has 1 aromatic rings. The highest BCUT2D eigenvalue weighted by atomic mass is 16.3. The first-order valence-electron chi connectivity index (χ1n) is 6.72. The van der Waals surface area contributed by atoms with E-state index in [-0.39, 0.29) is 11.9 Å². The molecular formula is C14H24N2O2. The lowest BCUT2D eigenvalue weighted by Gasteiger charge is -2.21. The number of rotatable bonds is 8. The van der Waals surface area contributed by atoms with Gasteiger partial charge >= 0.3 is 0 Å². The van der Waals surface area contributed by atoms with E-state index in [2.05, 4.69) is 24.1 Å². The third-order valence-electron chi connectivity index (χ3n) is 2.79. The molecule has 102 valence electrons. The molecule has 0 fully saturated rings. The minimum atomic E-state index is -0.0717. The van der Waals surface area contributed by atoms with Gasteiger partial charge in [-0.05, 0) is 45.0 Å². The molecule has 4 heteroatoms. The minimum Gasteiger partial charge on any atom is -0.467 e. The van der Waals surface area contributed by atoms with E-state index in [0.29, 0.717) is 6.54 Å². The molecule has 1 atom stereocenters. The zero-order chi connectivity index (χ0) is 13.4. The second-order valence-corrected chi connectivity index (χ2v) is 4.58. The third-order valence-corrected chi connectivity index (χ3v) is 2.79. The monoisotopic (exact) mass is 252 g/mol. The Balaban J connectivity index is 2.39. The zero-order valence-electron chi connectivity index (χ0n) is 11.6. The van der Waals surface area contributed by atoms with E-state index < -0.39 is 0 Å². The third kappa shape index (κ3) is 4.92. The highest BCUT2D eigenvalue weighted by Gasteiger charge is 2.14. The van der Waals surface area contributed by atoms with Gasteiger partial charge in [-0.1, -0.05) is 13.8 Å². The SMILES string of the molecule is CCCN(CCC)CC(=O)NC(C)c1ccco1. The predicted octanol–water partition coefficient (Wildman–Crippen LogP) is 2.58. The van der Waals surface area contributed by atoms with Crippen LogP contribution in [0.2, 0.25) is 0 Å². The van der Waals surface area contributed by atoms with E-state index in [1.54, 1.807) is 6.26 Å². The average molecular weight is 252 g/mol. The lowest BCUT2D eigenvalue weighted by atomic mass is 10.2. The number of hydrogen-bond acceptors (Lipinski definition) is 3. The van der Waals surface area contributed by atoms with Crippen molar-refractivity contribution >= 4 is 5.91 Å². The van der Waals surface area contributed by atoms with Crippen LogP contribution in [0.15, 0.2) is 22.8 Å². The maximum atomic E-state index is 11.9. The summed E-state index contributed by atoms with van der Waals surface area (Å²) in [5.74, 6) is 0.849. The molecule has 0 saturated carbocycles. The molecule has 0 aliphatic rings. The summed E-state index contributed by atoms with van der Waals surface area (Å²) >= 11 is 0. The molecule has 1 rings (SSSR count). The Bertz CT molecular complexity index is 330. The maximum Gasteiger partial charge on any atom is 0.234 e. The largest absolute Gasteiger partial charge is 0.467 e. The predicted molar refractivity (Wildman–Crippen MR) is 72.3 cm³/mol. The van der Waals surface area contributed by atoms with Crippen LogP contribution in [-0.2, 0) is 4.79 Å². The molecule has 1 N–H and O–H groups in total. The van der Waals surface area contributed by atoms with E-state index >= 15 is 0 Å². The molecule has 1 aromatic heterocycles. The number of carbonyl (C=O) groups is 1. The van der Waals surface area contributed by atoms with Crippen molar-refractivity contribution in [3.63, 3.8) is 0 Å². The van der Waals surface area contributed by atoms with Gasteiger partial charge in [-0.2, -0.15) is 0 Å². The van der Waals surface area contributed by atoms with E-state index in [0.717, 1.165) is 31.7 Å². The first-order valence-corrected chi connectivity index (χ1v) is 6.72. The molecule has 18 heavy (non-hydrogen) atoms. The number of nitrogens with one attached hydrogen (secondary N) is 1. The van der Waals surface area contributed by atoms with Crippen LogP contribution in [0.5, 0.6) is 0 Å². The quantitative estimate of drug-likeness (QED) is 0.773. The van der Waals surface area contributed by atoms with Crippen molar-refractivity contribution in [1.29, 1.82) is 0 Å². The molecule has 1 amide bonds. The van der Waals surface area contributed by atoms with Gasteiger partial charge in [0.1, 0.15) is 5.76 Å². The summed E-state index contributed by atoms with van der Waals surface area (Å²) in [4.78, 5) is 14.1. The fourth-order valence-corrected chi connectivity index (χ4v) is 2.00. The summed E-state index contributed by atoms with van der Waals surface area (Å²) in [5, 5.41) is 2.96. The first-order chi connectivity index (χ1) is 8.67. The Morgan fingerprint density at radius 1 is 1.39 bits per heavy atom. The van der Waals surface area contributed by atoms with Gasteiger partial charge in [-0.25, -0.2) is 0 Å². The highest BCUT2D eigenvalue weighted by molar-refractivity contribution is 5.78. The van der Waals surface area contributed by atoms with Crippen LogP contribution in [0.4, 0.5) is 0 Å². The van der Waals surface area contributed by atoms with E-state index in [9.17, 15) is 4.79 Å². The van der Waals surface area contributed by atoms with E-state index in [4.69, 9.17) is 4.42 Å². The molecule has 0 radical (unpaired) electrons. The minimum absolute atomic E-state index is 0.0563. The Labute approximate surface area is 109 Å². The summed E-state index contributed by atoms with van der Waals surface area (Å²) < 4.78 is 5.27.